The normalized spacial score (nSPS) is 16.3. The van der Waals surface area contributed by atoms with Crippen molar-refractivity contribution in [2.24, 2.45) is 11.7 Å². The van der Waals surface area contributed by atoms with Crippen molar-refractivity contribution in [3.05, 3.63) is 77.3 Å². The highest BCUT2D eigenvalue weighted by molar-refractivity contribution is 6.30. The predicted octanol–water partition coefficient (Wildman–Crippen LogP) is 5.63. The molecule has 1 aromatic heterocycles. The number of nitrogens with one attached hydrogen (secondary N) is 1. The second kappa shape index (κ2) is 10.4. The van der Waals surface area contributed by atoms with E-state index in [2.05, 4.69) is 27.0 Å². The second-order valence-corrected chi connectivity index (χ2v) is 9.33. The van der Waals surface area contributed by atoms with Gasteiger partial charge in [-0.05, 0) is 73.5 Å². The van der Waals surface area contributed by atoms with Crippen LogP contribution < -0.4 is 15.2 Å². The average Bonchev–Trinajstić information content (AvgIpc) is 3.28. The van der Waals surface area contributed by atoms with E-state index >= 15 is 0 Å². The Morgan fingerprint density at radius 3 is 2.63 bits per heavy atom. The van der Waals surface area contributed by atoms with Gasteiger partial charge in [0.15, 0.2) is 0 Å². The molecule has 1 unspecified atom stereocenters. The van der Waals surface area contributed by atoms with Crippen molar-refractivity contribution in [2.75, 3.05) is 19.7 Å². The van der Waals surface area contributed by atoms with Crippen molar-refractivity contribution in [1.82, 2.24) is 14.9 Å². The Labute approximate surface area is 208 Å². The summed E-state index contributed by atoms with van der Waals surface area (Å²) in [4.78, 5) is 21.4. The Morgan fingerprint density at radius 2 is 1.86 bits per heavy atom. The molecule has 0 spiro atoms. The van der Waals surface area contributed by atoms with E-state index in [4.69, 9.17) is 26.8 Å². The van der Waals surface area contributed by atoms with Gasteiger partial charge in [-0.25, -0.2) is 9.78 Å². The van der Waals surface area contributed by atoms with Crippen molar-refractivity contribution >= 4 is 28.7 Å². The molecule has 0 radical (unpaired) electrons. The third-order valence-electron chi connectivity index (χ3n) is 6.21. The number of ether oxygens (including phenoxy) is 2. The van der Waals surface area contributed by atoms with Crippen LogP contribution in [-0.2, 0) is 6.54 Å². The molecule has 1 amide bonds. The zero-order valence-corrected chi connectivity index (χ0v) is 20.0. The van der Waals surface area contributed by atoms with E-state index in [9.17, 15) is 4.79 Å². The molecule has 3 N–H and O–H groups in total. The maximum Gasteiger partial charge on any atom is 0.409 e. The summed E-state index contributed by atoms with van der Waals surface area (Å²) >= 11 is 6.01. The van der Waals surface area contributed by atoms with Gasteiger partial charge in [0, 0.05) is 35.7 Å². The number of amides is 1. The van der Waals surface area contributed by atoms with Crippen LogP contribution in [-0.4, -0.2) is 40.7 Å². The largest absolute Gasteiger partial charge is 0.493 e. The third kappa shape index (κ3) is 5.93. The van der Waals surface area contributed by atoms with Crippen molar-refractivity contribution in [3.63, 3.8) is 0 Å². The fourth-order valence-electron chi connectivity index (χ4n) is 4.50. The molecule has 1 atom stereocenters. The summed E-state index contributed by atoms with van der Waals surface area (Å²) in [6, 6.07) is 21.2. The molecule has 0 bridgehead atoms. The average molecular weight is 491 g/mol. The number of nitrogens with two attached hydrogens (primary N) is 1. The number of nitrogens with zero attached hydrogens (tertiary/aromatic N) is 2. The van der Waals surface area contributed by atoms with Crippen molar-refractivity contribution in [3.8, 4) is 22.9 Å². The van der Waals surface area contributed by atoms with Gasteiger partial charge in [0.1, 0.15) is 17.3 Å². The van der Waals surface area contributed by atoms with Gasteiger partial charge in [0.2, 0.25) is 0 Å². The number of aromatic nitrogens is 2. The number of H-pyrrole nitrogens is 1. The number of rotatable bonds is 7. The molecule has 3 aromatic carbocycles. The van der Waals surface area contributed by atoms with E-state index in [1.807, 2.05) is 42.5 Å². The monoisotopic (exact) mass is 490 g/mol. The molecule has 35 heavy (non-hydrogen) atoms. The van der Waals surface area contributed by atoms with Gasteiger partial charge in [0.25, 0.3) is 0 Å². The first-order chi connectivity index (χ1) is 17.0. The number of piperidine rings is 1. The van der Waals surface area contributed by atoms with Gasteiger partial charge < -0.3 is 20.2 Å². The highest BCUT2D eigenvalue weighted by Crippen LogP contribution is 2.26. The molecule has 0 saturated carbocycles. The lowest BCUT2D eigenvalue weighted by atomic mass is 9.98. The molecule has 0 aliphatic carbocycles. The number of likely N-dealkylation sites (tertiary alicyclic amines) is 1. The summed E-state index contributed by atoms with van der Waals surface area (Å²) in [6.45, 7) is 3.78. The molecule has 1 aliphatic heterocycles. The van der Waals surface area contributed by atoms with Crippen LogP contribution in [0.1, 0.15) is 18.4 Å². The number of primary amides is 1. The number of fused-ring (bicyclic) bond motifs is 1. The van der Waals surface area contributed by atoms with Crippen LogP contribution in [0.25, 0.3) is 22.4 Å². The molecule has 7 nitrogen and oxygen atoms in total. The molecule has 4 aromatic rings. The van der Waals surface area contributed by atoms with E-state index in [1.54, 1.807) is 12.1 Å². The lowest BCUT2D eigenvalue weighted by Crippen LogP contribution is -2.37. The topological polar surface area (TPSA) is 93.5 Å². The van der Waals surface area contributed by atoms with Gasteiger partial charge in [-0.2, -0.15) is 0 Å². The van der Waals surface area contributed by atoms with E-state index in [0.29, 0.717) is 23.8 Å². The first-order valence-electron chi connectivity index (χ1n) is 11.7. The molecule has 5 rings (SSSR count). The van der Waals surface area contributed by atoms with E-state index in [0.717, 1.165) is 47.3 Å². The summed E-state index contributed by atoms with van der Waals surface area (Å²) < 4.78 is 11.1. The number of carbonyl (C=O) groups excluding carboxylic acids is 1. The lowest BCUT2D eigenvalue weighted by molar-refractivity contribution is 0.125. The summed E-state index contributed by atoms with van der Waals surface area (Å²) in [7, 11) is 0. The minimum Gasteiger partial charge on any atom is -0.493 e. The number of halogens is 1. The maximum atomic E-state index is 11.0. The standard InChI is InChI=1S/C27H27ClN4O3/c28-21-7-3-18(4-8-21)15-32-13-1-2-19(16-32)17-34-22-9-5-20(6-10-22)26-30-24-12-11-23(35-27(29)33)14-25(24)31-26/h3-12,14,19H,1-2,13,15-17H2,(H2,29,33)(H,30,31). The number of benzene rings is 3. The van der Waals surface area contributed by atoms with Crippen LogP contribution in [0.4, 0.5) is 4.79 Å². The fraction of sp³-hybridized carbons (Fsp3) is 0.259. The van der Waals surface area contributed by atoms with Crippen LogP contribution in [0.3, 0.4) is 0 Å². The predicted molar refractivity (Wildman–Crippen MR) is 137 cm³/mol. The smallest absolute Gasteiger partial charge is 0.409 e. The first-order valence-corrected chi connectivity index (χ1v) is 12.1. The minimum absolute atomic E-state index is 0.362. The van der Waals surface area contributed by atoms with Crippen molar-refractivity contribution in [2.45, 2.75) is 19.4 Å². The molecule has 8 heteroatoms. The zero-order valence-electron chi connectivity index (χ0n) is 19.2. The maximum absolute atomic E-state index is 11.0. The SMILES string of the molecule is NC(=O)Oc1ccc2[nH]c(-c3ccc(OCC4CCCN(Cc5ccc(Cl)cc5)C4)cc3)nc2c1. The Bertz CT molecular complexity index is 1300. The molecular weight excluding hydrogens is 464 g/mol. The highest BCUT2D eigenvalue weighted by atomic mass is 35.5. The van der Waals surface area contributed by atoms with Gasteiger partial charge >= 0.3 is 6.09 Å². The van der Waals surface area contributed by atoms with Gasteiger partial charge in [-0.3, -0.25) is 4.90 Å². The molecule has 180 valence electrons. The van der Waals surface area contributed by atoms with Gasteiger partial charge in [-0.15, -0.1) is 0 Å². The first kappa shape index (κ1) is 23.2. The quantitative estimate of drug-likeness (QED) is 0.350. The summed E-state index contributed by atoms with van der Waals surface area (Å²) in [5, 5.41) is 0.772. The Balaban J connectivity index is 1.17. The summed E-state index contributed by atoms with van der Waals surface area (Å²) in [6.07, 6.45) is 1.51. The number of hydrogen-bond acceptors (Lipinski definition) is 5. The summed E-state index contributed by atoms with van der Waals surface area (Å²) in [5.41, 5.74) is 8.85. The van der Waals surface area contributed by atoms with E-state index < -0.39 is 6.09 Å². The van der Waals surface area contributed by atoms with Gasteiger partial charge in [0.05, 0.1) is 17.6 Å². The highest BCUT2D eigenvalue weighted by Gasteiger charge is 2.20. The minimum atomic E-state index is -0.849. The molecule has 1 aliphatic rings. The van der Waals surface area contributed by atoms with Crippen LogP contribution in [0.15, 0.2) is 66.7 Å². The summed E-state index contributed by atoms with van der Waals surface area (Å²) in [5.74, 6) is 2.44. The number of hydrogen-bond donors (Lipinski definition) is 2. The van der Waals surface area contributed by atoms with Gasteiger partial charge in [-0.1, -0.05) is 23.7 Å². The van der Waals surface area contributed by atoms with Crippen molar-refractivity contribution in [1.29, 1.82) is 0 Å². The molecular formula is C27H27ClN4O3. The Hall–Kier alpha value is -3.55. The van der Waals surface area contributed by atoms with Crippen molar-refractivity contribution < 1.29 is 14.3 Å². The number of aromatic amines is 1. The Kier molecular flexibility index (Phi) is 6.88. The number of carbonyl (C=O) groups is 1. The van der Waals surface area contributed by atoms with E-state index in [-0.39, 0.29) is 0 Å². The second-order valence-electron chi connectivity index (χ2n) is 8.89. The molecule has 1 saturated heterocycles. The van der Waals surface area contributed by atoms with Crippen LogP contribution >= 0.6 is 11.6 Å². The molecule has 1 fully saturated rings. The van der Waals surface area contributed by atoms with E-state index in [1.165, 1.54) is 18.4 Å². The van der Waals surface area contributed by atoms with Crippen LogP contribution in [0.2, 0.25) is 5.02 Å². The fourth-order valence-corrected chi connectivity index (χ4v) is 4.63. The Morgan fingerprint density at radius 1 is 1.09 bits per heavy atom. The number of imidazole rings is 1. The van der Waals surface area contributed by atoms with Crippen LogP contribution in [0.5, 0.6) is 11.5 Å². The zero-order chi connectivity index (χ0) is 24.2. The molecule has 2 heterocycles. The third-order valence-corrected chi connectivity index (χ3v) is 6.46. The van der Waals surface area contributed by atoms with Crippen LogP contribution in [0, 0.1) is 5.92 Å². The lowest BCUT2D eigenvalue weighted by Gasteiger charge is -2.32.